The van der Waals surface area contributed by atoms with Crippen molar-refractivity contribution in [1.29, 1.82) is 0 Å². The third-order valence-electron chi connectivity index (χ3n) is 19.1. The summed E-state index contributed by atoms with van der Waals surface area (Å²) in [6.07, 6.45) is 40.2. The molecule has 536 valence electrons. The third-order valence-corrected chi connectivity index (χ3v) is 19.1. The highest BCUT2D eigenvalue weighted by atomic mass is 35.5. The average Bonchev–Trinajstić information content (AvgIpc) is 1.33. The highest BCUT2D eigenvalue weighted by Gasteiger charge is 2.41. The Labute approximate surface area is 589 Å². The van der Waals surface area contributed by atoms with Crippen molar-refractivity contribution < 1.29 is 79.9 Å². The summed E-state index contributed by atoms with van der Waals surface area (Å²) in [6.45, 7) is 30.3. The summed E-state index contributed by atoms with van der Waals surface area (Å²) >= 11 is 0. The van der Waals surface area contributed by atoms with Crippen LogP contribution < -0.4 is 50.7 Å². The highest BCUT2D eigenvalue weighted by molar-refractivity contribution is 5.54. The van der Waals surface area contributed by atoms with Crippen LogP contribution in [0.25, 0.3) is 0 Å². The van der Waals surface area contributed by atoms with Gasteiger partial charge in [0.15, 0.2) is 55.3 Å². The Bertz CT molecular complexity index is 2540. The molecule has 0 aliphatic carbocycles. The fourth-order valence-electron chi connectivity index (χ4n) is 13.0. The molecule has 3 aliphatic heterocycles. The van der Waals surface area contributed by atoms with Crippen LogP contribution in [0, 0.1) is 5.41 Å². The largest absolute Gasteiger partial charge is 1.00 e. The molecule has 18 heteroatoms. The summed E-state index contributed by atoms with van der Waals surface area (Å²) in [5.41, 5.74) is 12.3. The van der Waals surface area contributed by atoms with Gasteiger partial charge in [0.05, 0.1) is 137 Å². The number of ether oxygens (including phenoxy) is 9. The zero-order valence-electron chi connectivity index (χ0n) is 60.6. The molecule has 3 aromatic rings. The van der Waals surface area contributed by atoms with E-state index in [0.717, 1.165) is 141 Å². The zero-order valence-corrected chi connectivity index (χ0v) is 62.9. The minimum atomic E-state index is -0.823. The molecule has 0 radical (unpaired) electrons. The Kier molecular flexibility index (Phi) is 40.1. The van der Waals surface area contributed by atoms with E-state index in [1.54, 1.807) is 0 Å². The molecule has 0 spiro atoms. The molecular formula is C76H127Cl3N6O9. The summed E-state index contributed by atoms with van der Waals surface area (Å²) in [6, 6.07) is 0. The Balaban J connectivity index is 0.00000768. The number of pyridine rings is 3. The minimum absolute atomic E-state index is 0. The first-order valence-electron chi connectivity index (χ1n) is 35.7. The minimum Gasteiger partial charge on any atom is -1.00 e. The van der Waals surface area contributed by atoms with E-state index in [9.17, 15) is 0 Å². The van der Waals surface area contributed by atoms with E-state index in [1.807, 2.05) is 51.0 Å². The van der Waals surface area contributed by atoms with Crippen LogP contribution in [-0.4, -0.2) is 116 Å². The molecule has 0 saturated carbocycles. The van der Waals surface area contributed by atoms with E-state index in [4.69, 9.17) is 57.6 Å². The number of hydrogen-bond acceptors (Lipinski definition) is 12. The molecule has 0 N–H and O–H groups in total. The lowest BCUT2D eigenvalue weighted by Crippen LogP contribution is -3.00. The van der Waals surface area contributed by atoms with Gasteiger partial charge in [-0.25, -0.2) is 0 Å². The molecule has 5 atom stereocenters. The number of aromatic nitrogens is 3. The highest BCUT2D eigenvalue weighted by Crippen LogP contribution is 2.43. The van der Waals surface area contributed by atoms with E-state index in [2.05, 4.69) is 89.7 Å². The molecule has 5 unspecified atom stereocenters. The van der Waals surface area contributed by atoms with Crippen LogP contribution in [0.4, 0.5) is 17.1 Å². The van der Waals surface area contributed by atoms with Crippen molar-refractivity contribution in [2.75, 3.05) is 88.5 Å². The fourth-order valence-corrected chi connectivity index (χ4v) is 13.0. The number of quaternary nitrogens is 3. The molecule has 3 aliphatic rings. The van der Waals surface area contributed by atoms with Gasteiger partial charge in [-0.15, -0.1) is 0 Å². The standard InChI is InChI=1S/C76H127N6O9.3ClH/c1-16-19-37-59(4)40-31-25-22-28-34-43-80(10,11)67-49-77-46-64-52-83-58-89-73(70(64)67)86-55-76(9,56-87-74-71-65(53-84-62(7)90-74)47-78-50-68(71)81(12,13)44-35-29-23-26-32-41-60(5)38-20-17-2)57-88-75-72-66(54-85-63(8)91-75)48-79-51-69(72)82(14,15)45-36-30-24-27-33-42-61(6)39-21-18-3;;;/h46-51,62-63,73-75H,4-6,16-45,52-58H2,1-3,7-15H3;3*1H/q+3;;;/p-3. The number of allylic oxidation sites excluding steroid dienone is 3. The maximum atomic E-state index is 7.26. The van der Waals surface area contributed by atoms with Crippen molar-refractivity contribution in [1.82, 2.24) is 28.4 Å². The van der Waals surface area contributed by atoms with Crippen molar-refractivity contribution >= 4 is 17.1 Å². The van der Waals surface area contributed by atoms with Crippen LogP contribution in [0.5, 0.6) is 0 Å². The van der Waals surface area contributed by atoms with Gasteiger partial charge in [-0.1, -0.05) is 122 Å². The maximum Gasteiger partial charge on any atom is 0.193 e. The second-order valence-electron chi connectivity index (χ2n) is 28.9. The predicted octanol–water partition coefficient (Wildman–Crippen LogP) is 9.59. The summed E-state index contributed by atoms with van der Waals surface area (Å²) < 4.78 is 62.5. The fraction of sp³-hybridized carbons (Fsp3) is 0.724. The first kappa shape index (κ1) is 85.3. The monoisotopic (exact) mass is 1370 g/mol. The summed E-state index contributed by atoms with van der Waals surface area (Å²) in [5.74, 6) is 0. The van der Waals surface area contributed by atoms with Crippen molar-refractivity contribution in [2.45, 2.75) is 266 Å². The quantitative estimate of drug-likeness (QED) is 0.0305. The summed E-state index contributed by atoms with van der Waals surface area (Å²) in [5, 5.41) is 0. The lowest BCUT2D eigenvalue weighted by atomic mass is 9.93. The average molecular weight is 1380 g/mol. The second-order valence-corrected chi connectivity index (χ2v) is 28.9. The number of rotatable bonds is 45. The topological polar surface area (TPSA) is 122 Å². The van der Waals surface area contributed by atoms with Gasteiger partial charge < -0.3 is 79.9 Å². The second kappa shape index (κ2) is 44.2. The Morgan fingerprint density at radius 2 is 0.723 bits per heavy atom. The molecule has 15 nitrogen and oxygen atoms in total. The van der Waals surface area contributed by atoms with Gasteiger partial charge in [-0.05, 0) is 129 Å². The Hall–Kier alpha value is -2.94. The Morgan fingerprint density at radius 1 is 0.426 bits per heavy atom. The summed E-state index contributed by atoms with van der Waals surface area (Å²) in [4.78, 5) is 14.4. The molecule has 6 heterocycles. The third kappa shape index (κ3) is 28.0. The van der Waals surface area contributed by atoms with Crippen molar-refractivity contribution in [3.05, 3.63) is 107 Å². The number of hydrogen-bond donors (Lipinski definition) is 0. The molecule has 94 heavy (non-hydrogen) atoms. The lowest BCUT2D eigenvalue weighted by Gasteiger charge is -2.37. The molecule has 6 rings (SSSR count). The number of halogens is 3. The van der Waals surface area contributed by atoms with Gasteiger partial charge in [0, 0.05) is 40.7 Å². The molecule has 0 fully saturated rings. The van der Waals surface area contributed by atoms with E-state index in [1.165, 1.54) is 119 Å². The molecule has 0 aromatic carbocycles. The molecule has 3 aromatic heterocycles. The first-order valence-corrected chi connectivity index (χ1v) is 35.7. The van der Waals surface area contributed by atoms with Crippen LogP contribution >= 0.6 is 0 Å². The van der Waals surface area contributed by atoms with Gasteiger partial charge in [-0.2, -0.15) is 0 Å². The number of nitrogens with zero attached hydrogens (tertiary/aromatic N) is 6. The lowest BCUT2D eigenvalue weighted by molar-refractivity contribution is -0.270. The molecule has 0 bridgehead atoms. The van der Waals surface area contributed by atoms with Gasteiger partial charge in [0.25, 0.3) is 0 Å². The van der Waals surface area contributed by atoms with Gasteiger partial charge in [0.1, 0.15) is 0 Å². The number of unbranched alkanes of at least 4 members (excludes halogenated alkanes) is 15. The van der Waals surface area contributed by atoms with E-state index < -0.39 is 36.9 Å². The SMILES string of the molecule is C=C(CCCC)CCCCCCC[N+](C)(C)c1cncc2c1C(OCC(C)(COC1OC(C)OCc3cncc([N+](C)(C)CCCCCCCC(=C)CCCC)c31)COC1OC(C)OCc3cncc([N+](C)(C)CCCCCCCC(=C)CCCC)c31)OCOC2.[Cl-].[Cl-].[Cl-]. The van der Waals surface area contributed by atoms with Crippen molar-refractivity contribution in [2.24, 2.45) is 5.41 Å². The van der Waals surface area contributed by atoms with E-state index in [0.29, 0.717) is 33.3 Å². The molecular weight excluding hydrogens is 1250 g/mol. The molecule has 0 amide bonds. The van der Waals surface area contributed by atoms with Gasteiger partial charge >= 0.3 is 0 Å². The van der Waals surface area contributed by atoms with Gasteiger partial charge in [-0.3, -0.25) is 28.4 Å². The smallest absolute Gasteiger partial charge is 0.193 e. The predicted molar refractivity (Wildman–Crippen MR) is 373 cm³/mol. The van der Waals surface area contributed by atoms with Gasteiger partial charge in [0.2, 0.25) is 0 Å². The van der Waals surface area contributed by atoms with Crippen LogP contribution in [0.1, 0.15) is 267 Å². The molecule has 0 saturated heterocycles. The van der Waals surface area contributed by atoms with Crippen molar-refractivity contribution in [3.8, 4) is 0 Å². The summed E-state index contributed by atoms with van der Waals surface area (Å²) in [7, 11) is 13.6. The van der Waals surface area contributed by atoms with Crippen LogP contribution in [-0.2, 0) is 62.5 Å². The first-order chi connectivity index (χ1) is 43.7. The van der Waals surface area contributed by atoms with Crippen LogP contribution in [0.2, 0.25) is 0 Å². The Morgan fingerprint density at radius 3 is 1.07 bits per heavy atom. The number of fused-ring (bicyclic) bond motifs is 3. The van der Waals surface area contributed by atoms with E-state index in [-0.39, 0.29) is 63.8 Å². The van der Waals surface area contributed by atoms with Crippen molar-refractivity contribution in [3.63, 3.8) is 0 Å². The normalized spacial score (nSPS) is 19.0. The maximum absolute atomic E-state index is 7.26. The van der Waals surface area contributed by atoms with Crippen LogP contribution in [0.3, 0.4) is 0 Å². The van der Waals surface area contributed by atoms with Crippen LogP contribution in [0.15, 0.2) is 73.6 Å². The van der Waals surface area contributed by atoms with E-state index >= 15 is 0 Å². The zero-order chi connectivity index (χ0) is 65.7.